The van der Waals surface area contributed by atoms with Gasteiger partial charge in [-0.15, -0.1) is 0 Å². The minimum atomic E-state index is -0.272. The van der Waals surface area contributed by atoms with Gasteiger partial charge < -0.3 is 4.90 Å². The third kappa shape index (κ3) is 1.74. The quantitative estimate of drug-likeness (QED) is 0.758. The number of rotatable bonds is 2. The van der Waals surface area contributed by atoms with Crippen molar-refractivity contribution in [2.75, 3.05) is 6.54 Å². The third-order valence-corrected chi connectivity index (χ3v) is 4.70. The number of nitrogens with zero attached hydrogens (tertiary/aromatic N) is 1. The summed E-state index contributed by atoms with van der Waals surface area (Å²) in [6, 6.07) is -0.0311. The summed E-state index contributed by atoms with van der Waals surface area (Å²) in [5, 5.41) is 10.9. The van der Waals surface area contributed by atoms with E-state index in [0.29, 0.717) is 11.8 Å². The predicted molar refractivity (Wildman–Crippen MR) is 66.1 cm³/mol. The molecule has 2 aliphatic carbocycles. The van der Waals surface area contributed by atoms with Gasteiger partial charge in [0.25, 0.3) is 0 Å². The normalized spacial score (nSPS) is 37.7. The van der Waals surface area contributed by atoms with Gasteiger partial charge in [-0.2, -0.15) is 0 Å². The number of nitrogens with one attached hydrogen (secondary N) is 2. The van der Waals surface area contributed by atoms with Crippen molar-refractivity contribution >= 4 is 11.9 Å². The van der Waals surface area contributed by atoms with Crippen LogP contribution in [-0.4, -0.2) is 28.9 Å². The highest BCUT2D eigenvalue weighted by molar-refractivity contribution is 6.08. The van der Waals surface area contributed by atoms with E-state index in [1.165, 1.54) is 12.8 Å². The van der Waals surface area contributed by atoms with E-state index >= 15 is 0 Å². The maximum absolute atomic E-state index is 12.0. The minimum Gasteiger partial charge on any atom is -0.311 e. The van der Waals surface area contributed by atoms with E-state index in [2.05, 4.69) is 12.2 Å². The molecule has 17 heavy (non-hydrogen) atoms. The van der Waals surface area contributed by atoms with Gasteiger partial charge >= 0.3 is 6.03 Å². The average molecular weight is 235 g/mol. The molecule has 0 radical (unpaired) electrons. The highest BCUT2D eigenvalue weighted by Gasteiger charge is 2.52. The molecule has 3 aliphatic rings. The number of urea groups is 1. The smallest absolute Gasteiger partial charge is 0.311 e. The molecule has 3 rings (SSSR count). The van der Waals surface area contributed by atoms with E-state index in [9.17, 15) is 4.79 Å². The summed E-state index contributed by atoms with van der Waals surface area (Å²) in [6.07, 6.45) is 6.72. The molecule has 1 saturated heterocycles. The Labute approximate surface area is 102 Å². The fourth-order valence-electron chi connectivity index (χ4n) is 3.20. The Hall–Kier alpha value is -1.06. The van der Waals surface area contributed by atoms with Crippen LogP contribution in [-0.2, 0) is 0 Å². The van der Waals surface area contributed by atoms with E-state index in [1.54, 1.807) is 0 Å². The Morgan fingerprint density at radius 3 is 2.59 bits per heavy atom. The van der Waals surface area contributed by atoms with Crippen LogP contribution in [0.15, 0.2) is 0 Å². The van der Waals surface area contributed by atoms with Crippen molar-refractivity contribution in [3.05, 3.63) is 0 Å². The Balaban J connectivity index is 1.82. The third-order valence-electron chi connectivity index (χ3n) is 4.70. The average Bonchev–Trinajstić information content (AvgIpc) is 3.07. The molecule has 1 heterocycles. The fraction of sp³-hybridized carbons (Fsp3) is 0.846. The molecule has 0 bridgehead atoms. The van der Waals surface area contributed by atoms with Gasteiger partial charge in [-0.25, -0.2) is 4.79 Å². The standard InChI is InChI=1S/C13H21N3O/c1-9-4-6-13(7-5-9)11(14)15-12(17)16(13)8-10-2-3-10/h9-10H,2-8H2,1H3,(H2,14,15,17). The van der Waals surface area contributed by atoms with Gasteiger partial charge in [0, 0.05) is 6.54 Å². The topological polar surface area (TPSA) is 56.2 Å². The molecule has 1 spiro atoms. The molecule has 1 aliphatic heterocycles. The van der Waals surface area contributed by atoms with Crippen molar-refractivity contribution in [1.29, 1.82) is 5.41 Å². The van der Waals surface area contributed by atoms with E-state index in [0.717, 1.165) is 38.1 Å². The van der Waals surface area contributed by atoms with E-state index < -0.39 is 0 Å². The first-order valence-corrected chi connectivity index (χ1v) is 6.79. The van der Waals surface area contributed by atoms with Crippen molar-refractivity contribution in [2.45, 2.75) is 51.0 Å². The number of carbonyl (C=O) groups excluding carboxylic acids is 1. The summed E-state index contributed by atoms with van der Waals surface area (Å²) in [7, 11) is 0. The van der Waals surface area contributed by atoms with E-state index in [4.69, 9.17) is 5.41 Å². The Bertz CT molecular complexity index is 354. The zero-order valence-corrected chi connectivity index (χ0v) is 10.5. The molecule has 3 fully saturated rings. The number of hydrogen-bond donors (Lipinski definition) is 2. The lowest BCUT2D eigenvalue weighted by molar-refractivity contribution is 0.128. The number of amidine groups is 1. The van der Waals surface area contributed by atoms with Crippen LogP contribution in [0.5, 0.6) is 0 Å². The Morgan fingerprint density at radius 1 is 1.35 bits per heavy atom. The molecule has 0 aromatic rings. The number of carbonyl (C=O) groups is 1. The summed E-state index contributed by atoms with van der Waals surface area (Å²) >= 11 is 0. The molecular weight excluding hydrogens is 214 g/mol. The molecule has 0 aromatic carbocycles. The Morgan fingerprint density at radius 2 is 2.00 bits per heavy atom. The van der Waals surface area contributed by atoms with Crippen molar-refractivity contribution in [2.24, 2.45) is 11.8 Å². The maximum Gasteiger partial charge on any atom is 0.323 e. The maximum atomic E-state index is 12.0. The van der Waals surface area contributed by atoms with E-state index in [1.807, 2.05) is 4.90 Å². The largest absolute Gasteiger partial charge is 0.323 e. The molecule has 2 N–H and O–H groups in total. The van der Waals surface area contributed by atoms with Gasteiger partial charge in [-0.3, -0.25) is 10.7 Å². The van der Waals surface area contributed by atoms with Gasteiger partial charge in [0.15, 0.2) is 0 Å². The van der Waals surface area contributed by atoms with Gasteiger partial charge in [0.05, 0.1) is 0 Å². The zero-order valence-electron chi connectivity index (χ0n) is 10.5. The first-order chi connectivity index (χ1) is 8.12. The molecule has 4 nitrogen and oxygen atoms in total. The van der Waals surface area contributed by atoms with Crippen molar-refractivity contribution < 1.29 is 4.79 Å². The van der Waals surface area contributed by atoms with Crippen LogP contribution in [0.25, 0.3) is 0 Å². The van der Waals surface area contributed by atoms with E-state index in [-0.39, 0.29) is 11.6 Å². The Kier molecular flexibility index (Phi) is 2.42. The lowest BCUT2D eigenvalue weighted by Crippen LogP contribution is -2.52. The zero-order chi connectivity index (χ0) is 12.0. The predicted octanol–water partition coefficient (Wildman–Crippen LogP) is 2.35. The van der Waals surface area contributed by atoms with Crippen LogP contribution in [0.1, 0.15) is 45.4 Å². The number of amides is 2. The molecule has 0 unspecified atom stereocenters. The summed E-state index contributed by atoms with van der Waals surface area (Å²) in [6.45, 7) is 3.13. The van der Waals surface area contributed by atoms with Gasteiger partial charge in [-0.1, -0.05) is 6.92 Å². The molecule has 94 valence electrons. The molecule has 0 aromatic heterocycles. The summed E-state index contributed by atoms with van der Waals surface area (Å²) < 4.78 is 0. The van der Waals surface area contributed by atoms with Crippen molar-refractivity contribution in [1.82, 2.24) is 10.2 Å². The first kappa shape index (κ1) is 11.1. The van der Waals surface area contributed by atoms with Crippen molar-refractivity contribution in [3.63, 3.8) is 0 Å². The van der Waals surface area contributed by atoms with Crippen LogP contribution in [0, 0.1) is 17.2 Å². The highest BCUT2D eigenvalue weighted by Crippen LogP contribution is 2.42. The summed E-state index contributed by atoms with van der Waals surface area (Å²) in [4.78, 5) is 13.9. The summed E-state index contributed by atoms with van der Waals surface area (Å²) in [5.74, 6) is 1.89. The molecule has 2 amide bonds. The van der Waals surface area contributed by atoms with Crippen LogP contribution >= 0.6 is 0 Å². The lowest BCUT2D eigenvalue weighted by atomic mass is 9.76. The van der Waals surface area contributed by atoms with Crippen molar-refractivity contribution in [3.8, 4) is 0 Å². The van der Waals surface area contributed by atoms with Crippen LogP contribution < -0.4 is 5.32 Å². The minimum absolute atomic E-state index is 0.0311. The fourth-order valence-corrected chi connectivity index (χ4v) is 3.20. The van der Waals surface area contributed by atoms with Gasteiger partial charge in [0.1, 0.15) is 11.4 Å². The molecule has 4 heteroatoms. The second-order valence-electron chi connectivity index (χ2n) is 6.07. The van der Waals surface area contributed by atoms with Gasteiger partial charge in [0.2, 0.25) is 0 Å². The molecule has 0 atom stereocenters. The van der Waals surface area contributed by atoms with Gasteiger partial charge in [-0.05, 0) is 50.4 Å². The first-order valence-electron chi connectivity index (χ1n) is 6.79. The number of hydrogen-bond acceptors (Lipinski definition) is 2. The molecular formula is C13H21N3O. The highest BCUT2D eigenvalue weighted by atomic mass is 16.2. The second kappa shape index (κ2) is 3.72. The van der Waals surface area contributed by atoms with Crippen LogP contribution in [0.3, 0.4) is 0 Å². The monoisotopic (exact) mass is 235 g/mol. The summed E-state index contributed by atoms with van der Waals surface area (Å²) in [5.41, 5.74) is -0.272. The lowest BCUT2D eigenvalue weighted by Gasteiger charge is -2.41. The second-order valence-corrected chi connectivity index (χ2v) is 6.07. The SMILES string of the molecule is CC1CCC2(CC1)C(=N)NC(=O)N2CC1CC1. The van der Waals surface area contributed by atoms with Crippen LogP contribution in [0.2, 0.25) is 0 Å². The van der Waals surface area contributed by atoms with Crippen LogP contribution in [0.4, 0.5) is 4.79 Å². The molecule has 2 saturated carbocycles.